The number of hydrogen-bond acceptors (Lipinski definition) is 7. The van der Waals surface area contributed by atoms with Crippen LogP contribution in [0.4, 0.5) is 0 Å². The van der Waals surface area contributed by atoms with Crippen LogP contribution in [0.1, 0.15) is 22.3 Å². The maximum Gasteiger partial charge on any atom is 0.337 e. The first-order chi connectivity index (χ1) is 20.6. The van der Waals surface area contributed by atoms with E-state index in [9.17, 15) is 9.90 Å². The Hall–Kier alpha value is -3.85. The minimum atomic E-state index is -1.19. The molecule has 1 N–H and O–H groups in total. The van der Waals surface area contributed by atoms with Gasteiger partial charge in [-0.25, -0.2) is 4.79 Å². The molecule has 0 fully saturated rings. The van der Waals surface area contributed by atoms with Crippen LogP contribution in [0, 0.1) is 0 Å². The molecule has 7 heteroatoms. The Morgan fingerprint density at radius 2 is 0.952 bits per heavy atom. The van der Waals surface area contributed by atoms with Crippen LogP contribution in [-0.2, 0) is 54.9 Å². The second-order valence-electron chi connectivity index (χ2n) is 9.83. The van der Waals surface area contributed by atoms with Crippen molar-refractivity contribution in [2.75, 3.05) is 13.7 Å². The summed E-state index contributed by atoms with van der Waals surface area (Å²) in [6.45, 7) is 0.739. The highest BCUT2D eigenvalue weighted by molar-refractivity contribution is 5.75. The van der Waals surface area contributed by atoms with Gasteiger partial charge in [0.1, 0.15) is 18.3 Å². The Bertz CT molecular complexity index is 1290. The van der Waals surface area contributed by atoms with Gasteiger partial charge in [0.05, 0.1) is 40.1 Å². The molecule has 4 atom stereocenters. The number of esters is 1. The lowest BCUT2D eigenvalue weighted by Crippen LogP contribution is -2.52. The Morgan fingerprint density at radius 1 is 0.571 bits per heavy atom. The lowest BCUT2D eigenvalue weighted by atomic mass is 10.0. The molecule has 7 nitrogen and oxygen atoms in total. The molecule has 0 aliphatic rings. The van der Waals surface area contributed by atoms with Crippen molar-refractivity contribution in [3.63, 3.8) is 0 Å². The molecule has 42 heavy (non-hydrogen) atoms. The molecule has 4 aromatic carbocycles. The third-order valence-electron chi connectivity index (χ3n) is 6.68. The van der Waals surface area contributed by atoms with E-state index in [0.717, 1.165) is 22.3 Å². The summed E-state index contributed by atoms with van der Waals surface area (Å²) in [4.78, 5) is 13.2. The Balaban J connectivity index is 1.59. The fourth-order valence-electron chi connectivity index (χ4n) is 4.45. The third kappa shape index (κ3) is 9.91. The average molecular weight is 571 g/mol. The van der Waals surface area contributed by atoms with E-state index in [2.05, 4.69) is 0 Å². The Labute approximate surface area is 247 Å². The quantitative estimate of drug-likeness (QED) is 0.168. The first kappa shape index (κ1) is 31.1. The molecule has 0 aliphatic carbocycles. The van der Waals surface area contributed by atoms with Crippen molar-refractivity contribution >= 4 is 5.97 Å². The molecule has 0 radical (unpaired) electrons. The molecule has 0 aromatic heterocycles. The lowest BCUT2D eigenvalue weighted by Gasteiger charge is -2.34. The predicted octanol–water partition coefficient (Wildman–Crippen LogP) is 5.49. The van der Waals surface area contributed by atoms with E-state index in [1.807, 2.05) is 121 Å². The summed E-state index contributed by atoms with van der Waals surface area (Å²) >= 11 is 0. The summed E-state index contributed by atoms with van der Waals surface area (Å²) in [5.74, 6) is -0.630. The number of methoxy groups -OCH3 is 1. The third-order valence-corrected chi connectivity index (χ3v) is 6.68. The van der Waals surface area contributed by atoms with Crippen LogP contribution < -0.4 is 0 Å². The summed E-state index contributed by atoms with van der Waals surface area (Å²) in [5, 5.41) is 11.5. The highest BCUT2D eigenvalue weighted by atomic mass is 16.6. The monoisotopic (exact) mass is 570 g/mol. The molecule has 220 valence electrons. The molecular formula is C35H38O7. The Morgan fingerprint density at radius 3 is 1.38 bits per heavy atom. The van der Waals surface area contributed by atoms with Gasteiger partial charge in [-0.1, -0.05) is 121 Å². The van der Waals surface area contributed by atoms with Crippen LogP contribution in [0.25, 0.3) is 0 Å². The van der Waals surface area contributed by atoms with Crippen LogP contribution >= 0.6 is 0 Å². The molecule has 0 saturated heterocycles. The van der Waals surface area contributed by atoms with Crippen LogP contribution in [0.3, 0.4) is 0 Å². The number of benzene rings is 4. The second kappa shape index (κ2) is 17.2. The molecule has 0 bridgehead atoms. The van der Waals surface area contributed by atoms with E-state index < -0.39 is 30.4 Å². The highest BCUT2D eigenvalue weighted by Crippen LogP contribution is 2.22. The van der Waals surface area contributed by atoms with E-state index >= 15 is 0 Å². The molecule has 4 rings (SSSR count). The van der Waals surface area contributed by atoms with E-state index in [0.29, 0.717) is 6.61 Å². The molecule has 0 heterocycles. The topological polar surface area (TPSA) is 83.5 Å². The van der Waals surface area contributed by atoms with Crippen molar-refractivity contribution in [1.29, 1.82) is 0 Å². The SMILES string of the molecule is COC(=O)[C@H](OCc1ccccc1)[C@@H](OCc1ccccc1)[C@H](OCc1ccccc1)[C@H](O)COCc1ccccc1. The molecule has 0 unspecified atom stereocenters. The van der Waals surface area contributed by atoms with Crippen molar-refractivity contribution in [1.82, 2.24) is 0 Å². The summed E-state index contributed by atoms with van der Waals surface area (Å²) < 4.78 is 29.9. The molecule has 0 aliphatic heterocycles. The van der Waals surface area contributed by atoms with Gasteiger partial charge in [0.15, 0.2) is 6.10 Å². The van der Waals surface area contributed by atoms with Gasteiger partial charge in [0, 0.05) is 0 Å². The zero-order chi connectivity index (χ0) is 29.4. The van der Waals surface area contributed by atoms with Crippen LogP contribution in [0.5, 0.6) is 0 Å². The van der Waals surface area contributed by atoms with Gasteiger partial charge < -0.3 is 28.8 Å². The maximum atomic E-state index is 13.2. The molecule has 4 aromatic rings. The predicted molar refractivity (Wildman–Crippen MR) is 159 cm³/mol. The summed E-state index contributed by atoms with van der Waals surface area (Å²) in [6.07, 6.45) is -4.36. The number of carbonyl (C=O) groups excluding carboxylic acids is 1. The second-order valence-corrected chi connectivity index (χ2v) is 9.83. The molecule has 0 spiro atoms. The molecular weight excluding hydrogens is 532 g/mol. The van der Waals surface area contributed by atoms with Gasteiger partial charge in [-0.2, -0.15) is 0 Å². The first-order valence-electron chi connectivity index (χ1n) is 14.0. The number of aliphatic hydroxyl groups excluding tert-OH is 1. The van der Waals surface area contributed by atoms with Gasteiger partial charge in [-0.15, -0.1) is 0 Å². The average Bonchev–Trinajstić information content (AvgIpc) is 3.05. The maximum absolute atomic E-state index is 13.2. The van der Waals surface area contributed by atoms with Gasteiger partial charge >= 0.3 is 5.97 Å². The van der Waals surface area contributed by atoms with Crippen LogP contribution in [0.15, 0.2) is 121 Å². The lowest BCUT2D eigenvalue weighted by molar-refractivity contribution is -0.201. The van der Waals surface area contributed by atoms with Crippen molar-refractivity contribution in [3.8, 4) is 0 Å². The van der Waals surface area contributed by atoms with Gasteiger partial charge in [0.25, 0.3) is 0 Å². The standard InChI is InChI=1S/C35H38O7/c1-38-35(37)34(42-25-30-20-12-5-13-21-30)33(41-24-29-18-10-4-11-19-29)32(40-23-28-16-8-3-9-17-28)31(36)26-39-22-27-14-6-2-7-15-27/h2-21,31-34,36H,22-26H2,1H3/t31-,32-,33+,34-/m1/s1. The number of ether oxygens (including phenoxy) is 5. The summed E-state index contributed by atoms with van der Waals surface area (Å²) in [5.41, 5.74) is 3.65. The van der Waals surface area contributed by atoms with Crippen LogP contribution in [-0.4, -0.2) is 49.2 Å². The Kier molecular flexibility index (Phi) is 12.7. The smallest absolute Gasteiger partial charge is 0.337 e. The molecule has 0 saturated carbocycles. The van der Waals surface area contributed by atoms with Gasteiger partial charge in [-0.3, -0.25) is 0 Å². The number of aliphatic hydroxyl groups is 1. The van der Waals surface area contributed by atoms with Crippen molar-refractivity contribution in [2.24, 2.45) is 0 Å². The fourth-order valence-corrected chi connectivity index (χ4v) is 4.45. The van der Waals surface area contributed by atoms with E-state index in [4.69, 9.17) is 23.7 Å². The first-order valence-corrected chi connectivity index (χ1v) is 14.0. The number of carbonyl (C=O) groups is 1. The largest absolute Gasteiger partial charge is 0.467 e. The summed E-state index contributed by atoms with van der Waals surface area (Å²) in [7, 11) is 1.30. The number of hydrogen-bond donors (Lipinski definition) is 1. The van der Waals surface area contributed by atoms with Crippen molar-refractivity contribution in [2.45, 2.75) is 50.8 Å². The zero-order valence-corrected chi connectivity index (χ0v) is 23.8. The van der Waals surface area contributed by atoms with E-state index in [-0.39, 0.29) is 26.4 Å². The van der Waals surface area contributed by atoms with Crippen molar-refractivity contribution in [3.05, 3.63) is 144 Å². The number of rotatable bonds is 17. The van der Waals surface area contributed by atoms with E-state index in [1.165, 1.54) is 7.11 Å². The molecule has 0 amide bonds. The minimum Gasteiger partial charge on any atom is -0.467 e. The van der Waals surface area contributed by atoms with Gasteiger partial charge in [0.2, 0.25) is 0 Å². The summed E-state index contributed by atoms with van der Waals surface area (Å²) in [6, 6.07) is 38.4. The highest BCUT2D eigenvalue weighted by Gasteiger charge is 2.41. The van der Waals surface area contributed by atoms with Gasteiger partial charge in [-0.05, 0) is 22.3 Å². The zero-order valence-electron chi connectivity index (χ0n) is 23.8. The fraction of sp³-hybridized carbons (Fsp3) is 0.286. The minimum absolute atomic E-state index is 0.0495. The normalized spacial score (nSPS) is 14.0. The van der Waals surface area contributed by atoms with Crippen molar-refractivity contribution < 1.29 is 33.6 Å². The van der Waals surface area contributed by atoms with E-state index in [1.54, 1.807) is 0 Å². The van der Waals surface area contributed by atoms with Crippen LogP contribution in [0.2, 0.25) is 0 Å².